The average molecular weight is 473 g/mol. The first-order chi connectivity index (χ1) is 16.7. The van der Waals surface area contributed by atoms with Crippen molar-refractivity contribution in [3.05, 3.63) is 71.5 Å². The van der Waals surface area contributed by atoms with Crippen LogP contribution >= 0.6 is 0 Å². The summed E-state index contributed by atoms with van der Waals surface area (Å²) in [6.45, 7) is 7.28. The number of para-hydroxylation sites is 1. The summed E-state index contributed by atoms with van der Waals surface area (Å²) >= 11 is 0. The van der Waals surface area contributed by atoms with Gasteiger partial charge in [-0.1, -0.05) is 51.1 Å². The van der Waals surface area contributed by atoms with Gasteiger partial charge in [0.15, 0.2) is 0 Å². The second-order valence-electron chi connectivity index (χ2n) is 10.6. The zero-order valence-corrected chi connectivity index (χ0v) is 20.5. The molecule has 182 valence electrons. The van der Waals surface area contributed by atoms with Crippen LogP contribution in [-0.2, 0) is 6.54 Å². The Balaban J connectivity index is 1.66. The van der Waals surface area contributed by atoms with Crippen molar-refractivity contribution in [1.82, 2.24) is 9.47 Å². The maximum atomic E-state index is 13.0. The molecule has 0 bridgehead atoms. The fraction of sp³-hybridized carbons (Fsp3) is 0.357. The lowest BCUT2D eigenvalue weighted by Crippen LogP contribution is -2.49. The molecule has 1 aliphatic carbocycles. The van der Waals surface area contributed by atoms with Crippen LogP contribution in [0.25, 0.3) is 11.1 Å². The molecule has 1 atom stereocenters. The molecule has 5 rings (SSSR count). The van der Waals surface area contributed by atoms with Crippen molar-refractivity contribution in [1.29, 1.82) is 0 Å². The lowest BCUT2D eigenvalue weighted by atomic mass is 9.81. The summed E-state index contributed by atoms with van der Waals surface area (Å²) in [5.41, 5.74) is 15.7. The summed E-state index contributed by atoms with van der Waals surface area (Å²) in [5, 5.41) is 0. The summed E-state index contributed by atoms with van der Waals surface area (Å²) in [5.74, 6) is 1.36. The van der Waals surface area contributed by atoms with Gasteiger partial charge in [0.1, 0.15) is 11.5 Å². The SMILES string of the molecule is CC(C)(C)C1c2c(C(N)=O)c(-c3ccc(Oc4ccccc4)cc3)c(C3CC3)n2CCN1C(N)=O. The number of fused-ring (bicyclic) bond motifs is 1. The summed E-state index contributed by atoms with van der Waals surface area (Å²) in [4.78, 5) is 27.1. The molecule has 1 unspecified atom stereocenters. The number of hydrogen-bond donors (Lipinski definition) is 2. The quantitative estimate of drug-likeness (QED) is 0.519. The number of rotatable bonds is 5. The van der Waals surface area contributed by atoms with Crippen LogP contribution in [0.4, 0.5) is 4.79 Å². The minimum absolute atomic E-state index is 0.346. The Morgan fingerprint density at radius 3 is 2.06 bits per heavy atom. The van der Waals surface area contributed by atoms with E-state index in [4.69, 9.17) is 16.2 Å². The molecule has 2 aliphatic rings. The number of urea groups is 1. The summed E-state index contributed by atoms with van der Waals surface area (Å²) in [6, 6.07) is 16.6. The topological polar surface area (TPSA) is 104 Å². The fourth-order valence-corrected chi connectivity index (χ4v) is 5.42. The number of amides is 3. The van der Waals surface area contributed by atoms with Gasteiger partial charge in [0.2, 0.25) is 0 Å². The molecule has 1 fully saturated rings. The highest BCUT2D eigenvalue weighted by atomic mass is 16.5. The number of nitrogens with two attached hydrogens (primary N) is 2. The second kappa shape index (κ2) is 8.48. The third kappa shape index (κ3) is 4.16. The van der Waals surface area contributed by atoms with Crippen molar-refractivity contribution in [3.8, 4) is 22.6 Å². The van der Waals surface area contributed by atoms with Crippen LogP contribution in [0, 0.1) is 5.41 Å². The molecule has 3 amide bonds. The van der Waals surface area contributed by atoms with Gasteiger partial charge in [-0.15, -0.1) is 0 Å². The maximum absolute atomic E-state index is 13.0. The van der Waals surface area contributed by atoms with Crippen molar-refractivity contribution < 1.29 is 14.3 Å². The predicted octanol–water partition coefficient (Wildman–Crippen LogP) is 5.41. The second-order valence-corrected chi connectivity index (χ2v) is 10.6. The highest BCUT2D eigenvalue weighted by Gasteiger charge is 2.45. The van der Waals surface area contributed by atoms with Crippen LogP contribution in [0.1, 0.15) is 67.3 Å². The monoisotopic (exact) mass is 472 g/mol. The molecule has 35 heavy (non-hydrogen) atoms. The number of carbonyl (C=O) groups excluding carboxylic acids is 2. The molecule has 3 aromatic rings. The molecule has 2 heterocycles. The highest BCUT2D eigenvalue weighted by molar-refractivity contribution is 6.03. The summed E-state index contributed by atoms with van der Waals surface area (Å²) in [7, 11) is 0. The number of hydrogen-bond acceptors (Lipinski definition) is 3. The Hall–Kier alpha value is -3.74. The van der Waals surface area contributed by atoms with Crippen molar-refractivity contribution in [2.75, 3.05) is 6.54 Å². The largest absolute Gasteiger partial charge is 0.457 e. The van der Waals surface area contributed by atoms with Gasteiger partial charge in [-0.2, -0.15) is 0 Å². The lowest BCUT2D eigenvalue weighted by molar-refractivity contribution is 0.0915. The molecule has 0 radical (unpaired) electrons. The van der Waals surface area contributed by atoms with Crippen LogP contribution < -0.4 is 16.2 Å². The average Bonchev–Trinajstić information content (AvgIpc) is 3.59. The van der Waals surface area contributed by atoms with Gasteiger partial charge in [0.05, 0.1) is 17.3 Å². The van der Waals surface area contributed by atoms with Crippen molar-refractivity contribution in [2.24, 2.45) is 16.9 Å². The van der Waals surface area contributed by atoms with E-state index in [0.717, 1.165) is 41.1 Å². The van der Waals surface area contributed by atoms with E-state index in [9.17, 15) is 9.59 Å². The van der Waals surface area contributed by atoms with Gasteiger partial charge in [0.25, 0.3) is 5.91 Å². The Kier molecular flexibility index (Phi) is 5.58. The van der Waals surface area contributed by atoms with E-state index >= 15 is 0 Å². The van der Waals surface area contributed by atoms with E-state index in [1.54, 1.807) is 4.90 Å². The fourth-order valence-electron chi connectivity index (χ4n) is 5.42. The van der Waals surface area contributed by atoms with Gasteiger partial charge in [-0.05, 0) is 54.0 Å². The van der Waals surface area contributed by atoms with E-state index in [1.165, 1.54) is 0 Å². The maximum Gasteiger partial charge on any atom is 0.315 e. The minimum Gasteiger partial charge on any atom is -0.457 e. The van der Waals surface area contributed by atoms with E-state index in [0.29, 0.717) is 30.3 Å². The number of ether oxygens (including phenoxy) is 1. The number of nitrogens with zero attached hydrogens (tertiary/aromatic N) is 2. The molecule has 0 spiro atoms. The molecule has 2 aromatic carbocycles. The van der Waals surface area contributed by atoms with Gasteiger partial charge in [-0.25, -0.2) is 4.79 Å². The molecule has 1 aliphatic heterocycles. The molecular weight excluding hydrogens is 440 g/mol. The van der Waals surface area contributed by atoms with E-state index in [-0.39, 0.29) is 11.5 Å². The van der Waals surface area contributed by atoms with Gasteiger partial charge in [-0.3, -0.25) is 4.79 Å². The smallest absolute Gasteiger partial charge is 0.315 e. The summed E-state index contributed by atoms with van der Waals surface area (Å²) < 4.78 is 8.21. The molecule has 4 N–H and O–H groups in total. The summed E-state index contributed by atoms with van der Waals surface area (Å²) in [6.07, 6.45) is 2.15. The van der Waals surface area contributed by atoms with Crippen LogP contribution in [0.5, 0.6) is 11.5 Å². The van der Waals surface area contributed by atoms with E-state index in [2.05, 4.69) is 25.3 Å². The number of carbonyl (C=O) groups is 2. The normalized spacial score (nSPS) is 17.7. The molecular formula is C28H32N4O3. The van der Waals surface area contributed by atoms with Crippen molar-refractivity contribution >= 4 is 11.9 Å². The Bertz CT molecular complexity index is 1270. The third-order valence-corrected chi connectivity index (χ3v) is 6.91. The molecule has 7 nitrogen and oxygen atoms in total. The van der Waals surface area contributed by atoms with E-state index in [1.807, 2.05) is 54.6 Å². The number of benzene rings is 2. The lowest BCUT2D eigenvalue weighted by Gasteiger charge is -2.44. The number of primary amides is 2. The zero-order valence-electron chi connectivity index (χ0n) is 20.5. The van der Waals surface area contributed by atoms with Crippen molar-refractivity contribution in [2.45, 2.75) is 52.1 Å². The standard InChI is InChI=1S/C28H32N4O3/c1-28(2,3)25-24-22(26(29)33)21(23(18-9-10-18)31(24)15-16-32(25)27(30)34)17-11-13-20(14-12-17)35-19-7-5-4-6-8-19/h4-8,11-14,18,25H,9-10,15-16H2,1-3H3,(H2,29,33)(H2,30,34). The third-order valence-electron chi connectivity index (χ3n) is 6.91. The first-order valence-corrected chi connectivity index (χ1v) is 12.1. The Morgan fingerprint density at radius 1 is 0.886 bits per heavy atom. The van der Waals surface area contributed by atoms with E-state index < -0.39 is 11.9 Å². The van der Waals surface area contributed by atoms with Gasteiger partial charge < -0.3 is 25.7 Å². The van der Waals surface area contributed by atoms with Crippen LogP contribution in [0.15, 0.2) is 54.6 Å². The van der Waals surface area contributed by atoms with Crippen molar-refractivity contribution in [3.63, 3.8) is 0 Å². The molecule has 0 saturated heterocycles. The first-order valence-electron chi connectivity index (χ1n) is 12.1. The minimum atomic E-state index is -0.485. The van der Waals surface area contributed by atoms with Crippen LogP contribution in [0.3, 0.4) is 0 Å². The Morgan fingerprint density at radius 2 is 1.51 bits per heavy atom. The Labute approximate surface area is 205 Å². The highest BCUT2D eigenvalue weighted by Crippen LogP contribution is 2.52. The van der Waals surface area contributed by atoms with Gasteiger partial charge in [0, 0.05) is 24.3 Å². The predicted molar refractivity (Wildman–Crippen MR) is 135 cm³/mol. The van der Waals surface area contributed by atoms with Crippen LogP contribution in [0.2, 0.25) is 0 Å². The molecule has 7 heteroatoms. The van der Waals surface area contributed by atoms with Crippen LogP contribution in [-0.4, -0.2) is 28.0 Å². The molecule has 1 saturated carbocycles. The zero-order chi connectivity index (χ0) is 24.9. The van der Waals surface area contributed by atoms with Gasteiger partial charge >= 0.3 is 6.03 Å². The number of aromatic nitrogens is 1. The molecule has 1 aromatic heterocycles. The first kappa shape index (κ1) is 23.0.